The summed E-state index contributed by atoms with van der Waals surface area (Å²) in [6.45, 7) is 1.69. The number of carbonyl (C=O) groups excluding carboxylic acids is 1. The fourth-order valence-corrected chi connectivity index (χ4v) is 4.68. The molecule has 4 rings (SSSR count). The number of carbonyl (C=O) groups is 1. The van der Waals surface area contributed by atoms with Gasteiger partial charge in [-0.15, -0.1) is 11.3 Å². The first-order chi connectivity index (χ1) is 14.8. The van der Waals surface area contributed by atoms with Gasteiger partial charge in [0.25, 0.3) is 5.56 Å². The SMILES string of the molecule is CCOC(=O)c1sc2c(ccc(=O)n2-c2ccccc2)c1-c1ccccc1C(F)(F)F. The minimum atomic E-state index is -4.62. The molecule has 158 valence electrons. The van der Waals surface area contributed by atoms with E-state index in [0.29, 0.717) is 15.9 Å². The Labute approximate surface area is 179 Å². The van der Waals surface area contributed by atoms with Crippen LogP contribution in [0, 0.1) is 0 Å². The van der Waals surface area contributed by atoms with Crippen molar-refractivity contribution in [2.75, 3.05) is 6.61 Å². The van der Waals surface area contributed by atoms with E-state index in [0.717, 1.165) is 17.4 Å². The van der Waals surface area contributed by atoms with E-state index in [4.69, 9.17) is 4.74 Å². The van der Waals surface area contributed by atoms with Crippen LogP contribution < -0.4 is 5.56 Å². The summed E-state index contributed by atoms with van der Waals surface area (Å²) in [4.78, 5) is 25.8. The van der Waals surface area contributed by atoms with E-state index in [-0.39, 0.29) is 28.2 Å². The maximum Gasteiger partial charge on any atom is 0.417 e. The number of halogens is 3. The molecular weight excluding hydrogens is 427 g/mol. The van der Waals surface area contributed by atoms with Crippen LogP contribution in [0.15, 0.2) is 71.5 Å². The van der Waals surface area contributed by atoms with Crippen molar-refractivity contribution in [1.82, 2.24) is 4.57 Å². The van der Waals surface area contributed by atoms with Crippen LogP contribution in [-0.4, -0.2) is 17.1 Å². The lowest BCUT2D eigenvalue weighted by molar-refractivity contribution is -0.137. The summed E-state index contributed by atoms with van der Waals surface area (Å²) >= 11 is 0.943. The number of para-hydroxylation sites is 1. The second-order valence-corrected chi connectivity index (χ2v) is 7.63. The van der Waals surface area contributed by atoms with Gasteiger partial charge in [-0.3, -0.25) is 9.36 Å². The zero-order valence-corrected chi connectivity index (χ0v) is 17.1. The van der Waals surface area contributed by atoms with Crippen LogP contribution in [-0.2, 0) is 10.9 Å². The van der Waals surface area contributed by atoms with Crippen LogP contribution in [0.3, 0.4) is 0 Å². The van der Waals surface area contributed by atoms with Gasteiger partial charge in [-0.25, -0.2) is 4.79 Å². The molecule has 2 heterocycles. The Morgan fingerprint density at radius 3 is 2.35 bits per heavy atom. The number of alkyl halides is 3. The molecule has 0 aliphatic carbocycles. The summed E-state index contributed by atoms with van der Waals surface area (Å²) in [7, 11) is 0. The third-order valence-corrected chi connectivity index (χ3v) is 5.89. The Morgan fingerprint density at radius 1 is 1.00 bits per heavy atom. The average Bonchev–Trinajstić information content (AvgIpc) is 3.13. The quantitative estimate of drug-likeness (QED) is 0.368. The number of benzene rings is 2. The van der Waals surface area contributed by atoms with Gasteiger partial charge < -0.3 is 4.74 Å². The summed E-state index contributed by atoms with van der Waals surface area (Å²) in [5, 5.41) is 0.369. The summed E-state index contributed by atoms with van der Waals surface area (Å²) in [6.07, 6.45) is -4.62. The van der Waals surface area contributed by atoms with Crippen LogP contribution in [0.2, 0.25) is 0 Å². The average molecular weight is 443 g/mol. The molecule has 0 bridgehead atoms. The number of aromatic nitrogens is 1. The minimum absolute atomic E-state index is 0.0174. The lowest BCUT2D eigenvalue weighted by Crippen LogP contribution is -2.16. The number of esters is 1. The fraction of sp³-hybridized carbons (Fsp3) is 0.130. The number of rotatable bonds is 4. The third kappa shape index (κ3) is 3.74. The molecule has 0 fully saturated rings. The van der Waals surface area contributed by atoms with Crippen LogP contribution in [0.1, 0.15) is 22.2 Å². The van der Waals surface area contributed by atoms with Crippen molar-refractivity contribution in [3.63, 3.8) is 0 Å². The van der Waals surface area contributed by atoms with E-state index in [2.05, 4.69) is 0 Å². The molecule has 0 radical (unpaired) electrons. The molecule has 0 amide bonds. The molecule has 31 heavy (non-hydrogen) atoms. The zero-order chi connectivity index (χ0) is 22.2. The van der Waals surface area contributed by atoms with Gasteiger partial charge in [0.1, 0.15) is 9.71 Å². The van der Waals surface area contributed by atoms with Crippen LogP contribution >= 0.6 is 11.3 Å². The smallest absolute Gasteiger partial charge is 0.417 e. The molecule has 0 saturated carbocycles. The van der Waals surface area contributed by atoms with Gasteiger partial charge in [0, 0.05) is 17.0 Å². The van der Waals surface area contributed by atoms with Gasteiger partial charge in [0.2, 0.25) is 0 Å². The fourth-order valence-electron chi connectivity index (χ4n) is 3.46. The molecule has 0 unspecified atom stereocenters. The number of ether oxygens (including phenoxy) is 1. The number of fused-ring (bicyclic) bond motifs is 1. The molecule has 0 spiro atoms. The molecule has 0 saturated heterocycles. The molecule has 0 atom stereocenters. The Balaban J connectivity index is 2.12. The Kier molecular flexibility index (Phi) is 5.41. The maximum atomic E-state index is 13.8. The second-order valence-electron chi connectivity index (χ2n) is 6.63. The summed E-state index contributed by atoms with van der Waals surface area (Å²) in [6, 6.07) is 16.5. The van der Waals surface area contributed by atoms with Crippen molar-refractivity contribution in [1.29, 1.82) is 0 Å². The summed E-state index contributed by atoms with van der Waals surface area (Å²) in [5.41, 5.74) is -0.701. The summed E-state index contributed by atoms with van der Waals surface area (Å²) in [5.74, 6) is -0.734. The van der Waals surface area contributed by atoms with Crippen molar-refractivity contribution >= 4 is 27.5 Å². The van der Waals surface area contributed by atoms with Gasteiger partial charge >= 0.3 is 12.1 Å². The predicted octanol–water partition coefficient (Wildman–Crippen LogP) is 5.91. The third-order valence-electron chi connectivity index (χ3n) is 4.72. The molecule has 8 heteroatoms. The van der Waals surface area contributed by atoms with Gasteiger partial charge in [-0.05, 0) is 36.8 Å². The summed E-state index contributed by atoms with van der Waals surface area (Å²) < 4.78 is 47.8. The van der Waals surface area contributed by atoms with Gasteiger partial charge in [-0.1, -0.05) is 36.4 Å². The number of nitrogens with zero attached hydrogens (tertiary/aromatic N) is 1. The molecule has 0 aliphatic rings. The van der Waals surface area contributed by atoms with E-state index in [1.807, 2.05) is 0 Å². The zero-order valence-electron chi connectivity index (χ0n) is 16.3. The highest BCUT2D eigenvalue weighted by Crippen LogP contribution is 2.44. The molecule has 4 nitrogen and oxygen atoms in total. The number of hydrogen-bond acceptors (Lipinski definition) is 4. The number of thiophene rings is 1. The van der Waals surface area contributed by atoms with Crippen LogP contribution in [0.5, 0.6) is 0 Å². The first kappa shape index (κ1) is 20.9. The van der Waals surface area contributed by atoms with Crippen LogP contribution in [0.25, 0.3) is 27.0 Å². The van der Waals surface area contributed by atoms with E-state index in [1.54, 1.807) is 37.3 Å². The number of hydrogen-bond donors (Lipinski definition) is 0. The van der Waals surface area contributed by atoms with Crippen molar-refractivity contribution in [2.45, 2.75) is 13.1 Å². The lowest BCUT2D eigenvalue weighted by atomic mass is 9.97. The highest BCUT2D eigenvalue weighted by Gasteiger charge is 2.35. The van der Waals surface area contributed by atoms with Crippen molar-refractivity contribution < 1.29 is 22.7 Å². The predicted molar refractivity (Wildman–Crippen MR) is 114 cm³/mol. The minimum Gasteiger partial charge on any atom is -0.462 e. The molecule has 2 aromatic carbocycles. The van der Waals surface area contributed by atoms with Crippen molar-refractivity contribution in [2.24, 2.45) is 0 Å². The molecular formula is C23H16F3NO3S. The largest absolute Gasteiger partial charge is 0.462 e. The van der Waals surface area contributed by atoms with E-state index in [1.165, 1.54) is 34.9 Å². The van der Waals surface area contributed by atoms with Gasteiger partial charge in [0.05, 0.1) is 17.9 Å². The van der Waals surface area contributed by atoms with E-state index in [9.17, 15) is 22.8 Å². The number of pyridine rings is 1. The molecule has 0 N–H and O–H groups in total. The van der Waals surface area contributed by atoms with Gasteiger partial charge in [-0.2, -0.15) is 13.2 Å². The normalized spacial score (nSPS) is 11.6. The lowest BCUT2D eigenvalue weighted by Gasteiger charge is -2.14. The molecule has 4 aromatic rings. The first-order valence-electron chi connectivity index (χ1n) is 9.40. The topological polar surface area (TPSA) is 48.3 Å². The van der Waals surface area contributed by atoms with Crippen molar-refractivity contribution in [3.05, 3.63) is 87.5 Å². The second kappa shape index (κ2) is 8.03. The molecule has 0 aliphatic heterocycles. The van der Waals surface area contributed by atoms with E-state index < -0.39 is 17.7 Å². The Hall–Kier alpha value is -3.39. The highest BCUT2D eigenvalue weighted by molar-refractivity contribution is 7.21. The standard InChI is InChI=1S/C23H16F3NO3S/c1-2-30-22(29)20-19(15-10-6-7-11-17(15)23(24,25)26)16-12-13-18(28)27(21(16)31-20)14-8-4-3-5-9-14/h3-13H,2H2,1H3. The van der Waals surface area contributed by atoms with E-state index >= 15 is 0 Å². The Bertz CT molecular complexity index is 1320. The highest BCUT2D eigenvalue weighted by atomic mass is 32.1. The Morgan fingerprint density at radius 2 is 1.68 bits per heavy atom. The first-order valence-corrected chi connectivity index (χ1v) is 10.2. The van der Waals surface area contributed by atoms with Crippen molar-refractivity contribution in [3.8, 4) is 16.8 Å². The monoisotopic (exact) mass is 443 g/mol. The molecule has 2 aromatic heterocycles. The maximum absolute atomic E-state index is 13.8. The van der Waals surface area contributed by atoms with Gasteiger partial charge in [0.15, 0.2) is 0 Å². The van der Waals surface area contributed by atoms with Crippen LogP contribution in [0.4, 0.5) is 13.2 Å².